The third-order valence-corrected chi connectivity index (χ3v) is 7.77. The van der Waals surface area contributed by atoms with Crippen molar-refractivity contribution >= 4 is 44.9 Å². The molecule has 0 atom stereocenters. The van der Waals surface area contributed by atoms with Gasteiger partial charge < -0.3 is 5.32 Å². The average molecular weight is 462 g/mol. The van der Waals surface area contributed by atoms with E-state index < -0.39 is 0 Å². The topological polar surface area (TPSA) is 64.0 Å². The zero-order chi connectivity index (χ0) is 22.1. The molecule has 5 rings (SSSR count). The molecule has 32 heavy (non-hydrogen) atoms. The Morgan fingerprint density at radius 3 is 2.81 bits per heavy atom. The number of aryl methyl sites for hydroxylation is 3. The Bertz CT molecular complexity index is 1360. The van der Waals surface area contributed by atoms with Gasteiger partial charge in [0, 0.05) is 10.6 Å². The zero-order valence-electron chi connectivity index (χ0n) is 17.8. The molecule has 5 nitrogen and oxygen atoms in total. The predicted molar refractivity (Wildman–Crippen MR) is 132 cm³/mol. The SMILES string of the molecule is Cc1cccc(NC(=O)CSc2nc3sc4c(c3c(=O)n2Cc2ccccc2)CCC4)c1. The molecule has 1 aliphatic carbocycles. The molecule has 2 aromatic heterocycles. The molecule has 0 radical (unpaired) electrons. The molecule has 0 fully saturated rings. The summed E-state index contributed by atoms with van der Waals surface area (Å²) in [6, 6.07) is 17.6. The Morgan fingerprint density at radius 2 is 2.00 bits per heavy atom. The summed E-state index contributed by atoms with van der Waals surface area (Å²) in [4.78, 5) is 33.1. The summed E-state index contributed by atoms with van der Waals surface area (Å²) >= 11 is 2.94. The molecule has 0 saturated carbocycles. The first-order chi connectivity index (χ1) is 15.6. The molecule has 2 aromatic carbocycles. The molecule has 4 aromatic rings. The van der Waals surface area contributed by atoms with Crippen molar-refractivity contribution in [3.05, 3.63) is 86.5 Å². The Morgan fingerprint density at radius 1 is 1.16 bits per heavy atom. The second kappa shape index (κ2) is 8.92. The number of anilines is 1. The van der Waals surface area contributed by atoms with Gasteiger partial charge in [-0.05, 0) is 55.0 Å². The number of aromatic nitrogens is 2. The van der Waals surface area contributed by atoms with Crippen LogP contribution in [-0.2, 0) is 24.2 Å². The Balaban J connectivity index is 1.46. The number of rotatable bonds is 6. The first-order valence-corrected chi connectivity index (χ1v) is 12.5. The lowest BCUT2D eigenvalue weighted by molar-refractivity contribution is -0.113. The Kier molecular flexibility index (Phi) is 5.85. The van der Waals surface area contributed by atoms with E-state index in [2.05, 4.69) is 5.32 Å². The van der Waals surface area contributed by atoms with Gasteiger partial charge in [-0.2, -0.15) is 0 Å². The van der Waals surface area contributed by atoms with Crippen molar-refractivity contribution in [3.63, 3.8) is 0 Å². The fraction of sp³-hybridized carbons (Fsp3) is 0.240. The van der Waals surface area contributed by atoms with Crippen LogP contribution in [0.5, 0.6) is 0 Å². The summed E-state index contributed by atoms with van der Waals surface area (Å²) in [6.45, 7) is 2.43. The van der Waals surface area contributed by atoms with E-state index in [0.29, 0.717) is 11.7 Å². The van der Waals surface area contributed by atoms with Crippen LogP contribution in [-0.4, -0.2) is 21.2 Å². The van der Waals surface area contributed by atoms with E-state index in [1.165, 1.54) is 22.2 Å². The highest BCUT2D eigenvalue weighted by Gasteiger charge is 2.23. The summed E-state index contributed by atoms with van der Waals surface area (Å²) in [5, 5.41) is 4.29. The number of thioether (sulfide) groups is 1. The smallest absolute Gasteiger partial charge is 0.263 e. The minimum absolute atomic E-state index is 0.000143. The number of nitrogens with zero attached hydrogens (tertiary/aromatic N) is 2. The molecule has 162 valence electrons. The van der Waals surface area contributed by atoms with Gasteiger partial charge in [0.25, 0.3) is 5.56 Å². The lowest BCUT2D eigenvalue weighted by atomic mass is 10.2. The molecule has 0 spiro atoms. The van der Waals surface area contributed by atoms with Crippen LogP contribution in [0.25, 0.3) is 10.2 Å². The van der Waals surface area contributed by atoms with Crippen molar-refractivity contribution in [1.29, 1.82) is 0 Å². The molecule has 0 unspecified atom stereocenters. The van der Waals surface area contributed by atoms with Crippen LogP contribution in [0.4, 0.5) is 5.69 Å². The Labute approximate surface area is 194 Å². The fourth-order valence-corrected chi connectivity index (χ4v) is 6.22. The van der Waals surface area contributed by atoms with Gasteiger partial charge in [-0.15, -0.1) is 11.3 Å². The van der Waals surface area contributed by atoms with E-state index in [1.807, 2.05) is 61.5 Å². The third-order valence-electron chi connectivity index (χ3n) is 5.61. The van der Waals surface area contributed by atoms with Crippen molar-refractivity contribution in [3.8, 4) is 0 Å². The number of thiophene rings is 1. The Hall–Kier alpha value is -2.90. The normalized spacial score (nSPS) is 12.8. The molecule has 7 heteroatoms. The van der Waals surface area contributed by atoms with Gasteiger partial charge >= 0.3 is 0 Å². The van der Waals surface area contributed by atoms with E-state index >= 15 is 0 Å². The molecule has 1 N–H and O–H groups in total. The van der Waals surface area contributed by atoms with Crippen molar-refractivity contribution in [1.82, 2.24) is 9.55 Å². The fourth-order valence-electron chi connectivity index (χ4n) is 4.12. The standard InChI is InChI=1S/C25H23N3O2S2/c1-16-7-5-10-18(13-16)26-21(29)15-31-25-27-23-22(19-11-6-12-20(19)32-23)24(30)28(25)14-17-8-3-2-4-9-17/h2-5,7-10,13H,6,11-12,14-15H2,1H3,(H,26,29). The molecule has 0 saturated heterocycles. The molecule has 1 amide bonds. The highest BCUT2D eigenvalue weighted by atomic mass is 32.2. The monoisotopic (exact) mass is 461 g/mol. The van der Waals surface area contributed by atoms with Gasteiger partial charge in [-0.25, -0.2) is 4.98 Å². The summed E-state index contributed by atoms with van der Waals surface area (Å²) in [6.07, 6.45) is 3.07. The van der Waals surface area contributed by atoms with E-state index in [4.69, 9.17) is 4.98 Å². The largest absolute Gasteiger partial charge is 0.325 e. The molecule has 1 aliphatic rings. The summed E-state index contributed by atoms with van der Waals surface area (Å²) in [5.74, 6) is 0.0704. The quantitative estimate of drug-likeness (QED) is 0.323. The van der Waals surface area contributed by atoms with E-state index in [0.717, 1.165) is 46.3 Å². The summed E-state index contributed by atoms with van der Waals surface area (Å²) < 4.78 is 1.73. The van der Waals surface area contributed by atoms with Crippen molar-refractivity contribution < 1.29 is 4.79 Å². The number of carbonyl (C=O) groups excluding carboxylic acids is 1. The number of amides is 1. The average Bonchev–Trinajstić information content (AvgIpc) is 3.36. The molecule has 0 bridgehead atoms. The highest BCUT2D eigenvalue weighted by molar-refractivity contribution is 7.99. The molecular formula is C25H23N3O2S2. The van der Waals surface area contributed by atoms with Gasteiger partial charge in [0.15, 0.2) is 5.16 Å². The molecule has 0 aliphatic heterocycles. The molecule has 2 heterocycles. The van der Waals surface area contributed by atoms with Crippen molar-refractivity contribution in [2.75, 3.05) is 11.1 Å². The number of benzene rings is 2. The number of hydrogen-bond acceptors (Lipinski definition) is 5. The number of nitrogens with one attached hydrogen (secondary N) is 1. The zero-order valence-corrected chi connectivity index (χ0v) is 19.4. The predicted octanol–water partition coefficient (Wildman–Crippen LogP) is 5.03. The number of hydrogen-bond donors (Lipinski definition) is 1. The van der Waals surface area contributed by atoms with Crippen LogP contribution >= 0.6 is 23.1 Å². The van der Waals surface area contributed by atoms with Gasteiger partial charge in [0.2, 0.25) is 5.91 Å². The van der Waals surface area contributed by atoms with Crippen LogP contribution in [0, 0.1) is 6.92 Å². The number of fused-ring (bicyclic) bond motifs is 3. The lowest BCUT2D eigenvalue weighted by Gasteiger charge is -2.13. The van der Waals surface area contributed by atoms with Crippen LogP contribution in [0.15, 0.2) is 64.5 Å². The van der Waals surface area contributed by atoms with Crippen LogP contribution < -0.4 is 10.9 Å². The van der Waals surface area contributed by atoms with Gasteiger partial charge in [0.1, 0.15) is 4.83 Å². The van der Waals surface area contributed by atoms with Crippen LogP contribution in [0.3, 0.4) is 0 Å². The maximum Gasteiger partial charge on any atom is 0.263 e. The van der Waals surface area contributed by atoms with Gasteiger partial charge in [-0.3, -0.25) is 14.2 Å². The maximum absolute atomic E-state index is 13.6. The van der Waals surface area contributed by atoms with Crippen molar-refractivity contribution in [2.45, 2.75) is 37.9 Å². The van der Waals surface area contributed by atoms with E-state index in [9.17, 15) is 9.59 Å². The number of carbonyl (C=O) groups is 1. The summed E-state index contributed by atoms with van der Waals surface area (Å²) in [5.41, 5.74) is 4.08. The van der Waals surface area contributed by atoms with Crippen molar-refractivity contribution in [2.24, 2.45) is 0 Å². The van der Waals surface area contributed by atoms with Crippen LogP contribution in [0.1, 0.15) is 28.0 Å². The first-order valence-electron chi connectivity index (χ1n) is 10.7. The highest BCUT2D eigenvalue weighted by Crippen LogP contribution is 2.35. The van der Waals surface area contributed by atoms with Gasteiger partial charge in [-0.1, -0.05) is 54.2 Å². The van der Waals surface area contributed by atoms with Crippen LogP contribution in [0.2, 0.25) is 0 Å². The lowest BCUT2D eigenvalue weighted by Crippen LogP contribution is -2.25. The van der Waals surface area contributed by atoms with Gasteiger partial charge in [0.05, 0.1) is 17.7 Å². The third kappa shape index (κ3) is 4.23. The summed E-state index contributed by atoms with van der Waals surface area (Å²) in [7, 11) is 0. The van der Waals surface area contributed by atoms with E-state index in [1.54, 1.807) is 15.9 Å². The molecular weight excluding hydrogens is 438 g/mol. The minimum atomic E-state index is -0.116. The minimum Gasteiger partial charge on any atom is -0.325 e. The second-order valence-electron chi connectivity index (χ2n) is 8.02. The maximum atomic E-state index is 13.6. The first kappa shape index (κ1) is 21.0. The second-order valence-corrected chi connectivity index (χ2v) is 10.0. The van der Waals surface area contributed by atoms with E-state index in [-0.39, 0.29) is 17.2 Å².